The molecular formula is C14H19NO2. The molecule has 1 aromatic carbocycles. The Morgan fingerprint density at radius 1 is 1.47 bits per heavy atom. The summed E-state index contributed by atoms with van der Waals surface area (Å²) in [6.07, 6.45) is 1.63. The molecule has 1 fully saturated rings. The van der Waals surface area contributed by atoms with E-state index in [0.717, 1.165) is 12.8 Å². The van der Waals surface area contributed by atoms with Crippen molar-refractivity contribution in [3.8, 4) is 0 Å². The standard InChI is InChI=1S/C14H19NO2/c1-11-6-3-4-7-12(11)10-15(2)14(16)13-8-5-9-17-13/h3-4,6-7,13H,5,8-10H2,1-2H3/t13-/m0/s1. The first-order valence-corrected chi connectivity index (χ1v) is 6.09. The predicted molar refractivity (Wildman–Crippen MR) is 66.6 cm³/mol. The van der Waals surface area contributed by atoms with Gasteiger partial charge in [-0.05, 0) is 30.9 Å². The number of ether oxygens (including phenoxy) is 1. The minimum absolute atomic E-state index is 0.103. The van der Waals surface area contributed by atoms with Gasteiger partial charge in [0, 0.05) is 20.2 Å². The molecule has 1 aliphatic rings. The highest BCUT2D eigenvalue weighted by Gasteiger charge is 2.26. The summed E-state index contributed by atoms with van der Waals surface area (Å²) in [5.74, 6) is 0.103. The summed E-state index contributed by atoms with van der Waals surface area (Å²) in [6, 6.07) is 8.15. The van der Waals surface area contributed by atoms with Crippen LogP contribution in [-0.2, 0) is 16.1 Å². The van der Waals surface area contributed by atoms with E-state index >= 15 is 0 Å². The lowest BCUT2D eigenvalue weighted by Crippen LogP contribution is -2.35. The van der Waals surface area contributed by atoms with Gasteiger partial charge in [-0.1, -0.05) is 24.3 Å². The molecule has 0 saturated carbocycles. The Morgan fingerprint density at radius 2 is 2.24 bits per heavy atom. The lowest BCUT2D eigenvalue weighted by atomic mass is 10.1. The third-order valence-corrected chi connectivity index (χ3v) is 3.25. The summed E-state index contributed by atoms with van der Waals surface area (Å²) >= 11 is 0. The Kier molecular flexibility index (Phi) is 3.79. The van der Waals surface area contributed by atoms with E-state index in [1.54, 1.807) is 4.90 Å². The Morgan fingerprint density at radius 3 is 2.88 bits per heavy atom. The number of likely N-dealkylation sites (N-methyl/N-ethyl adjacent to an activating group) is 1. The molecule has 3 heteroatoms. The van der Waals surface area contributed by atoms with Crippen molar-refractivity contribution in [3.05, 3.63) is 35.4 Å². The molecule has 0 bridgehead atoms. The average molecular weight is 233 g/mol. The zero-order valence-electron chi connectivity index (χ0n) is 10.5. The second kappa shape index (κ2) is 5.32. The lowest BCUT2D eigenvalue weighted by Gasteiger charge is -2.21. The molecular weight excluding hydrogens is 214 g/mol. The first-order valence-electron chi connectivity index (χ1n) is 6.09. The third kappa shape index (κ3) is 2.86. The Hall–Kier alpha value is -1.35. The molecule has 0 N–H and O–H groups in total. The molecule has 1 saturated heterocycles. The minimum Gasteiger partial charge on any atom is -0.368 e. The van der Waals surface area contributed by atoms with Gasteiger partial charge in [0.25, 0.3) is 5.91 Å². The number of amides is 1. The van der Waals surface area contributed by atoms with Gasteiger partial charge in [-0.25, -0.2) is 0 Å². The van der Waals surface area contributed by atoms with Gasteiger partial charge in [-0.15, -0.1) is 0 Å². The lowest BCUT2D eigenvalue weighted by molar-refractivity contribution is -0.140. The van der Waals surface area contributed by atoms with Crippen molar-refractivity contribution in [2.45, 2.75) is 32.4 Å². The molecule has 1 aromatic rings. The van der Waals surface area contributed by atoms with Crippen molar-refractivity contribution >= 4 is 5.91 Å². The summed E-state index contributed by atoms with van der Waals surface area (Å²) in [5, 5.41) is 0. The Labute approximate surface area is 102 Å². The van der Waals surface area contributed by atoms with Crippen molar-refractivity contribution in [3.63, 3.8) is 0 Å². The van der Waals surface area contributed by atoms with Crippen LogP contribution >= 0.6 is 0 Å². The van der Waals surface area contributed by atoms with Crippen LogP contribution in [0.25, 0.3) is 0 Å². The van der Waals surface area contributed by atoms with Crippen LogP contribution in [0.15, 0.2) is 24.3 Å². The summed E-state index contributed by atoms with van der Waals surface area (Å²) in [7, 11) is 1.84. The molecule has 0 spiro atoms. The number of carbonyl (C=O) groups excluding carboxylic acids is 1. The molecule has 1 atom stereocenters. The smallest absolute Gasteiger partial charge is 0.251 e. The van der Waals surface area contributed by atoms with E-state index in [0.29, 0.717) is 13.2 Å². The van der Waals surface area contributed by atoms with Gasteiger partial charge in [0.1, 0.15) is 6.10 Å². The van der Waals surface area contributed by atoms with Crippen LogP contribution in [0.1, 0.15) is 24.0 Å². The highest BCUT2D eigenvalue weighted by atomic mass is 16.5. The van der Waals surface area contributed by atoms with Gasteiger partial charge in [-0.2, -0.15) is 0 Å². The van der Waals surface area contributed by atoms with Gasteiger partial charge in [0.2, 0.25) is 0 Å². The topological polar surface area (TPSA) is 29.5 Å². The molecule has 0 unspecified atom stereocenters. The zero-order valence-corrected chi connectivity index (χ0v) is 10.5. The number of hydrogen-bond acceptors (Lipinski definition) is 2. The van der Waals surface area contributed by atoms with E-state index in [-0.39, 0.29) is 12.0 Å². The number of nitrogens with zero attached hydrogens (tertiary/aromatic N) is 1. The van der Waals surface area contributed by atoms with E-state index < -0.39 is 0 Å². The maximum absolute atomic E-state index is 12.1. The van der Waals surface area contributed by atoms with E-state index in [4.69, 9.17) is 4.74 Å². The molecule has 0 radical (unpaired) electrons. The van der Waals surface area contributed by atoms with E-state index in [1.165, 1.54) is 11.1 Å². The minimum atomic E-state index is -0.219. The summed E-state index contributed by atoms with van der Waals surface area (Å²) in [5.41, 5.74) is 2.42. The van der Waals surface area contributed by atoms with Gasteiger partial charge in [0.05, 0.1) is 0 Å². The third-order valence-electron chi connectivity index (χ3n) is 3.25. The molecule has 92 valence electrons. The van der Waals surface area contributed by atoms with Crippen LogP contribution in [0.5, 0.6) is 0 Å². The SMILES string of the molecule is Cc1ccccc1CN(C)C(=O)[C@@H]1CCCO1. The maximum Gasteiger partial charge on any atom is 0.251 e. The molecule has 2 rings (SSSR count). The molecule has 17 heavy (non-hydrogen) atoms. The first kappa shape index (κ1) is 12.1. The van der Waals surface area contributed by atoms with Gasteiger partial charge >= 0.3 is 0 Å². The zero-order chi connectivity index (χ0) is 12.3. The van der Waals surface area contributed by atoms with Crippen molar-refractivity contribution < 1.29 is 9.53 Å². The molecule has 1 amide bonds. The Balaban J connectivity index is 1.99. The second-order valence-corrected chi connectivity index (χ2v) is 4.62. The quantitative estimate of drug-likeness (QED) is 0.800. The summed E-state index contributed by atoms with van der Waals surface area (Å²) < 4.78 is 5.41. The fourth-order valence-electron chi connectivity index (χ4n) is 2.14. The van der Waals surface area contributed by atoms with E-state index in [2.05, 4.69) is 19.1 Å². The largest absolute Gasteiger partial charge is 0.368 e. The normalized spacial score (nSPS) is 19.3. The van der Waals surface area contributed by atoms with Crippen molar-refractivity contribution in [2.24, 2.45) is 0 Å². The number of carbonyl (C=O) groups is 1. The molecule has 0 aromatic heterocycles. The Bertz CT molecular complexity index is 397. The maximum atomic E-state index is 12.1. The summed E-state index contributed by atoms with van der Waals surface area (Å²) in [6.45, 7) is 3.44. The first-order chi connectivity index (χ1) is 8.18. The highest BCUT2D eigenvalue weighted by Crippen LogP contribution is 2.16. The van der Waals surface area contributed by atoms with Gasteiger partial charge in [-0.3, -0.25) is 4.79 Å². The van der Waals surface area contributed by atoms with Crippen molar-refractivity contribution in [1.29, 1.82) is 0 Å². The van der Waals surface area contributed by atoms with Crippen LogP contribution in [0.4, 0.5) is 0 Å². The van der Waals surface area contributed by atoms with Crippen LogP contribution < -0.4 is 0 Å². The molecule has 0 aliphatic carbocycles. The van der Waals surface area contributed by atoms with Gasteiger partial charge < -0.3 is 9.64 Å². The number of benzene rings is 1. The number of hydrogen-bond donors (Lipinski definition) is 0. The fraction of sp³-hybridized carbons (Fsp3) is 0.500. The molecule has 1 heterocycles. The van der Waals surface area contributed by atoms with Crippen LogP contribution in [0, 0.1) is 6.92 Å². The van der Waals surface area contributed by atoms with Crippen LogP contribution in [0.3, 0.4) is 0 Å². The predicted octanol–water partition coefficient (Wildman–Crippen LogP) is 2.13. The molecule has 1 aliphatic heterocycles. The highest BCUT2D eigenvalue weighted by molar-refractivity contribution is 5.80. The van der Waals surface area contributed by atoms with Crippen LogP contribution in [-0.4, -0.2) is 30.6 Å². The second-order valence-electron chi connectivity index (χ2n) is 4.62. The summed E-state index contributed by atoms with van der Waals surface area (Å²) in [4.78, 5) is 13.8. The monoisotopic (exact) mass is 233 g/mol. The van der Waals surface area contributed by atoms with Crippen molar-refractivity contribution in [1.82, 2.24) is 4.90 Å². The fourth-order valence-corrected chi connectivity index (χ4v) is 2.14. The van der Waals surface area contributed by atoms with Crippen molar-refractivity contribution in [2.75, 3.05) is 13.7 Å². The van der Waals surface area contributed by atoms with Crippen LogP contribution in [0.2, 0.25) is 0 Å². The average Bonchev–Trinajstić information content (AvgIpc) is 2.84. The number of rotatable bonds is 3. The molecule has 3 nitrogen and oxygen atoms in total. The van der Waals surface area contributed by atoms with Gasteiger partial charge in [0.15, 0.2) is 0 Å². The van der Waals surface area contributed by atoms with E-state index in [1.807, 2.05) is 19.2 Å². The van der Waals surface area contributed by atoms with E-state index in [9.17, 15) is 4.79 Å². The number of aryl methyl sites for hydroxylation is 1.